The number of methoxy groups -OCH3 is 2. The number of aliphatic hydroxyl groups is 1. The van der Waals surface area contributed by atoms with E-state index < -0.39 is 52.7 Å². The first-order valence-electron chi connectivity index (χ1n) is 23.1. The van der Waals surface area contributed by atoms with Crippen molar-refractivity contribution in [2.24, 2.45) is 11.3 Å². The van der Waals surface area contributed by atoms with Crippen molar-refractivity contribution in [3.8, 4) is 5.75 Å². The standard InChI is InChI=1S/C50H65N5O8/c1-8-11-20-51-46(58)62-30-50(59)43-48(19-23-55-21-14-18-47(10-3,42(48)55)44(50)63-31(4)56)36-25-37(40(60-6)26-39(36)53(43)5)49(45(57)61-7)27-33-24-32(9-2)28-54(29-33)22-17-35-34-15-12-13-16-38(34)52-41(35)49/h12-16,18,24-26,33,42-44,52,59H,8-11,17,19-23,27-30H2,1-7H3,(H,51,58)/t33-,42-,43+,44+,47+,48+,49-,50?/m0/s1. The smallest absolute Gasteiger partial charge is 0.407 e. The molecule has 9 atom stereocenters. The number of carbonyl (C=O) groups is 3. The molecule has 13 heteroatoms. The summed E-state index contributed by atoms with van der Waals surface area (Å²) in [5, 5.41) is 17.7. The quantitative estimate of drug-likeness (QED) is 0.0884. The Morgan fingerprint density at radius 2 is 1.86 bits per heavy atom. The lowest BCUT2D eigenvalue weighted by atomic mass is 9.47. The van der Waals surface area contributed by atoms with Crippen LogP contribution in [0.5, 0.6) is 5.75 Å². The lowest BCUT2D eigenvalue weighted by molar-refractivity contribution is -0.228. The molecule has 1 aliphatic carbocycles. The minimum Gasteiger partial charge on any atom is -0.496 e. The number of H-pyrrole nitrogens is 1. The van der Waals surface area contributed by atoms with Crippen LogP contribution in [0.25, 0.3) is 10.9 Å². The van der Waals surface area contributed by atoms with E-state index in [1.54, 1.807) is 7.11 Å². The number of aromatic amines is 1. The molecule has 6 aliphatic rings. The third-order valence-electron chi connectivity index (χ3n) is 15.9. The Kier molecular flexibility index (Phi) is 11.2. The van der Waals surface area contributed by atoms with Crippen LogP contribution >= 0.6 is 0 Å². The van der Waals surface area contributed by atoms with Crippen molar-refractivity contribution in [3.63, 3.8) is 0 Å². The molecule has 2 aromatic carbocycles. The van der Waals surface area contributed by atoms with E-state index in [1.807, 2.05) is 26.1 Å². The van der Waals surface area contributed by atoms with Gasteiger partial charge in [-0.1, -0.05) is 69.2 Å². The highest BCUT2D eigenvalue weighted by Gasteiger charge is 2.78. The van der Waals surface area contributed by atoms with Gasteiger partial charge in [-0.3, -0.25) is 19.4 Å². The lowest BCUT2D eigenvalue weighted by Crippen LogP contribution is -2.80. The Morgan fingerprint density at radius 3 is 2.59 bits per heavy atom. The zero-order valence-electron chi connectivity index (χ0n) is 38.1. The van der Waals surface area contributed by atoms with E-state index in [0.717, 1.165) is 85.3 Å². The fourth-order valence-electron chi connectivity index (χ4n) is 13.6. The summed E-state index contributed by atoms with van der Waals surface area (Å²) in [5.74, 6) is -0.329. The number of fused-ring (bicyclic) bond motifs is 6. The molecular formula is C50H65N5O8. The van der Waals surface area contributed by atoms with Crippen LogP contribution in [0.1, 0.15) is 88.6 Å². The fraction of sp³-hybridized carbons (Fsp3) is 0.580. The Labute approximate surface area is 371 Å². The van der Waals surface area contributed by atoms with Crippen molar-refractivity contribution in [1.29, 1.82) is 0 Å². The number of nitrogens with one attached hydrogen (secondary N) is 2. The molecule has 6 heterocycles. The number of ether oxygens (including phenoxy) is 4. The molecule has 63 heavy (non-hydrogen) atoms. The van der Waals surface area contributed by atoms with Crippen molar-refractivity contribution in [2.75, 3.05) is 72.0 Å². The minimum atomic E-state index is -1.88. The van der Waals surface area contributed by atoms with Crippen molar-refractivity contribution < 1.29 is 38.4 Å². The highest BCUT2D eigenvalue weighted by molar-refractivity contribution is 5.94. The number of unbranched alkanes of at least 4 members (excludes halogenated alkanes) is 1. The highest BCUT2D eigenvalue weighted by atomic mass is 16.6. The zero-order chi connectivity index (χ0) is 44.5. The number of hydrogen-bond acceptors (Lipinski definition) is 11. The molecule has 1 saturated heterocycles. The molecule has 0 radical (unpaired) electrons. The van der Waals surface area contributed by atoms with E-state index in [4.69, 9.17) is 18.9 Å². The monoisotopic (exact) mass is 863 g/mol. The summed E-state index contributed by atoms with van der Waals surface area (Å²) in [6, 6.07) is 11.6. The molecule has 1 amide bonds. The van der Waals surface area contributed by atoms with Gasteiger partial charge < -0.3 is 39.3 Å². The van der Waals surface area contributed by atoms with Gasteiger partial charge in [0.05, 0.1) is 20.3 Å². The minimum absolute atomic E-state index is 0.0276. The number of rotatable bonds is 11. The van der Waals surface area contributed by atoms with Gasteiger partial charge in [-0.25, -0.2) is 4.79 Å². The molecule has 2 unspecified atom stereocenters. The molecule has 9 rings (SSSR count). The molecule has 1 aromatic heterocycles. The summed E-state index contributed by atoms with van der Waals surface area (Å²) < 4.78 is 24.8. The molecule has 1 saturated carbocycles. The van der Waals surface area contributed by atoms with Crippen LogP contribution in [-0.2, 0) is 41.1 Å². The summed E-state index contributed by atoms with van der Waals surface area (Å²) in [6.07, 6.45) is 9.96. The van der Waals surface area contributed by atoms with Crippen LogP contribution in [0.15, 0.2) is 60.2 Å². The molecule has 338 valence electrons. The van der Waals surface area contributed by atoms with Gasteiger partial charge >= 0.3 is 18.0 Å². The summed E-state index contributed by atoms with van der Waals surface area (Å²) in [6.45, 7) is 11.7. The Bertz CT molecular complexity index is 2360. The van der Waals surface area contributed by atoms with Crippen LogP contribution in [-0.4, -0.2) is 129 Å². The van der Waals surface area contributed by atoms with Gasteiger partial charge in [-0.05, 0) is 74.2 Å². The number of nitrogens with zero attached hydrogens (tertiary/aromatic N) is 3. The maximum atomic E-state index is 15.4. The van der Waals surface area contributed by atoms with Crippen LogP contribution in [0, 0.1) is 11.3 Å². The lowest BCUT2D eigenvalue weighted by Gasteiger charge is -2.64. The summed E-state index contributed by atoms with van der Waals surface area (Å²) in [4.78, 5) is 52.9. The number of para-hydroxylation sites is 1. The third kappa shape index (κ3) is 6.37. The van der Waals surface area contributed by atoms with E-state index >= 15 is 4.79 Å². The molecular weight excluding hydrogens is 799 g/mol. The second-order valence-corrected chi connectivity index (χ2v) is 19.0. The SMILES string of the molecule is CCCCNC(=O)OCC1(O)[C@H](OC(C)=O)[C@]2(CC)C=CCN3CC[C@@]4(c5cc([C@@]6(C(=O)OC)C[C@@H]7C=C(CC)CN(CCc8c6[nH]c6ccccc86)C7)c(OC)cc5N(C)[C@@H]14)[C@@H]32. The van der Waals surface area contributed by atoms with E-state index in [9.17, 15) is 14.7 Å². The van der Waals surface area contributed by atoms with Gasteiger partial charge in [0.2, 0.25) is 0 Å². The Hall–Kier alpha value is -4.85. The number of esters is 2. The molecule has 3 aromatic rings. The third-order valence-corrected chi connectivity index (χ3v) is 15.9. The zero-order valence-corrected chi connectivity index (χ0v) is 38.1. The molecule has 13 nitrogen and oxygen atoms in total. The van der Waals surface area contributed by atoms with Crippen molar-refractivity contribution >= 4 is 34.6 Å². The van der Waals surface area contributed by atoms with E-state index in [1.165, 1.54) is 19.6 Å². The van der Waals surface area contributed by atoms with E-state index in [-0.39, 0.29) is 17.9 Å². The van der Waals surface area contributed by atoms with Crippen LogP contribution in [0.3, 0.4) is 0 Å². The molecule has 3 N–H and O–H groups in total. The summed E-state index contributed by atoms with van der Waals surface area (Å²) >= 11 is 0. The van der Waals surface area contributed by atoms with E-state index in [0.29, 0.717) is 43.7 Å². The van der Waals surface area contributed by atoms with Crippen LogP contribution < -0.4 is 15.0 Å². The predicted molar refractivity (Wildman–Crippen MR) is 241 cm³/mol. The van der Waals surface area contributed by atoms with Gasteiger partial charge in [-0.15, -0.1) is 0 Å². The van der Waals surface area contributed by atoms with E-state index in [2.05, 4.69) is 81.3 Å². The number of anilines is 1. The topological polar surface area (TPSA) is 146 Å². The summed E-state index contributed by atoms with van der Waals surface area (Å²) in [7, 11) is 5.10. The van der Waals surface area contributed by atoms with Gasteiger partial charge in [0.1, 0.15) is 23.9 Å². The van der Waals surface area contributed by atoms with Gasteiger partial charge in [0.25, 0.3) is 0 Å². The van der Waals surface area contributed by atoms with Crippen molar-refractivity contribution in [3.05, 3.63) is 82.6 Å². The number of hydrogen-bond donors (Lipinski definition) is 3. The number of amides is 1. The number of benzene rings is 2. The van der Waals surface area contributed by atoms with Crippen LogP contribution in [0.2, 0.25) is 0 Å². The first-order chi connectivity index (χ1) is 30.4. The van der Waals surface area contributed by atoms with Gasteiger partial charge in [0, 0.05) is 97.5 Å². The maximum absolute atomic E-state index is 15.4. The first kappa shape index (κ1) is 43.4. The van der Waals surface area contributed by atoms with Crippen molar-refractivity contribution in [2.45, 2.75) is 107 Å². The predicted octanol–water partition coefficient (Wildman–Crippen LogP) is 6.15. The number of aromatic nitrogens is 1. The number of carbonyl (C=O) groups excluding carboxylic acids is 3. The average molecular weight is 864 g/mol. The van der Waals surface area contributed by atoms with Crippen LogP contribution in [0.4, 0.5) is 10.5 Å². The highest BCUT2D eigenvalue weighted by Crippen LogP contribution is 2.68. The van der Waals surface area contributed by atoms with Gasteiger partial charge in [-0.2, -0.15) is 0 Å². The fourth-order valence-corrected chi connectivity index (χ4v) is 13.6. The average Bonchev–Trinajstić information content (AvgIpc) is 3.95. The second-order valence-electron chi connectivity index (χ2n) is 19.0. The largest absolute Gasteiger partial charge is 0.496 e. The molecule has 1 spiro atoms. The Morgan fingerprint density at radius 1 is 1.05 bits per heavy atom. The maximum Gasteiger partial charge on any atom is 0.407 e. The number of alkyl carbamates (subject to hydrolysis) is 1. The normalized spacial score (nSPS) is 32.9. The molecule has 2 fully saturated rings. The molecule has 2 bridgehead atoms. The Balaban J connectivity index is 1.31. The molecule has 5 aliphatic heterocycles. The summed E-state index contributed by atoms with van der Waals surface area (Å²) in [5.41, 5.74) is 1.91. The first-order valence-corrected chi connectivity index (χ1v) is 23.1. The van der Waals surface area contributed by atoms with Crippen molar-refractivity contribution in [1.82, 2.24) is 20.1 Å². The number of likely N-dealkylation sites (N-methyl/N-ethyl adjacent to an activating group) is 1. The second kappa shape index (κ2) is 16.3. The van der Waals surface area contributed by atoms with Gasteiger partial charge in [0.15, 0.2) is 5.60 Å².